The number of hydrogen-bond acceptors (Lipinski definition) is 6. The predicted molar refractivity (Wildman–Crippen MR) is 67.4 cm³/mol. The van der Waals surface area contributed by atoms with Gasteiger partial charge < -0.3 is 19.0 Å². The van der Waals surface area contributed by atoms with Gasteiger partial charge in [-0.1, -0.05) is 13.2 Å². The minimum absolute atomic E-state index is 0.0473. The fraction of sp³-hybridized carbons (Fsp3) is 0.231. The molecule has 0 unspecified atom stereocenters. The van der Waals surface area contributed by atoms with E-state index < -0.39 is 11.9 Å². The molecule has 104 valence electrons. The molecule has 0 aliphatic carbocycles. The van der Waals surface area contributed by atoms with Crippen LogP contribution in [0.15, 0.2) is 47.6 Å². The van der Waals surface area contributed by atoms with Crippen LogP contribution in [-0.4, -0.2) is 30.3 Å². The Balaban J connectivity index is 0.000000344. The molecule has 1 N–H and O–H groups in total. The highest BCUT2D eigenvalue weighted by Gasteiger charge is 2.00. The number of carbonyl (C=O) groups is 2. The first kappa shape index (κ1) is 16.7. The summed E-state index contributed by atoms with van der Waals surface area (Å²) in [6.07, 6.45) is 2.49. The van der Waals surface area contributed by atoms with Crippen LogP contribution in [0.4, 0.5) is 0 Å². The monoisotopic (exact) mass is 268 g/mol. The van der Waals surface area contributed by atoms with Gasteiger partial charge in [-0.2, -0.15) is 0 Å². The van der Waals surface area contributed by atoms with Gasteiger partial charge in [0.15, 0.2) is 0 Å². The van der Waals surface area contributed by atoms with Gasteiger partial charge in [-0.25, -0.2) is 9.59 Å². The minimum Gasteiger partial charge on any atom is -0.460 e. The van der Waals surface area contributed by atoms with Crippen molar-refractivity contribution in [3.05, 3.63) is 43.2 Å². The van der Waals surface area contributed by atoms with E-state index in [2.05, 4.69) is 22.6 Å². The van der Waals surface area contributed by atoms with Crippen molar-refractivity contribution in [2.75, 3.05) is 13.2 Å². The van der Waals surface area contributed by atoms with Crippen molar-refractivity contribution in [1.29, 1.82) is 0 Å². The molecule has 0 bridgehead atoms. The lowest BCUT2D eigenvalue weighted by molar-refractivity contribution is -0.139. The standard InChI is InChI=1S/C7H6O3.C6H10O3/c1-2-6(8)10-7-4-3-5-9-7;1-5(2)6(8)9-4-3-7/h2-5H,1H2;7H,1,3-4H2,2H3. The number of ether oxygens (including phenoxy) is 2. The second kappa shape index (κ2) is 9.67. The molecule has 1 rings (SSSR count). The van der Waals surface area contributed by atoms with Crippen molar-refractivity contribution >= 4 is 11.9 Å². The Morgan fingerprint density at radius 1 is 1.53 bits per heavy atom. The molecule has 0 radical (unpaired) electrons. The summed E-state index contributed by atoms with van der Waals surface area (Å²) in [5.74, 6) is -0.788. The Kier molecular flexibility index (Phi) is 8.48. The number of rotatable bonds is 5. The summed E-state index contributed by atoms with van der Waals surface area (Å²) in [7, 11) is 0. The SMILES string of the molecule is C=C(C)C(=O)OCCO.C=CC(=O)Oc1ccco1. The molecule has 1 heterocycles. The van der Waals surface area contributed by atoms with Gasteiger partial charge in [0.1, 0.15) is 6.61 Å². The van der Waals surface area contributed by atoms with Crippen LogP contribution in [0.5, 0.6) is 5.95 Å². The average molecular weight is 268 g/mol. The van der Waals surface area contributed by atoms with Gasteiger partial charge in [-0.15, -0.1) is 0 Å². The molecule has 1 aromatic rings. The normalized spacial score (nSPS) is 8.74. The molecular formula is C13H16O6. The molecule has 0 fully saturated rings. The third kappa shape index (κ3) is 8.39. The van der Waals surface area contributed by atoms with E-state index in [-0.39, 0.29) is 19.2 Å². The van der Waals surface area contributed by atoms with Crippen LogP contribution in [0.25, 0.3) is 0 Å². The number of furan rings is 1. The molecule has 0 amide bonds. The van der Waals surface area contributed by atoms with E-state index in [1.54, 1.807) is 19.1 Å². The summed E-state index contributed by atoms with van der Waals surface area (Å²) >= 11 is 0. The number of aliphatic hydroxyl groups is 1. The number of aliphatic hydroxyl groups excluding tert-OH is 1. The third-order valence-corrected chi connectivity index (χ3v) is 1.54. The van der Waals surface area contributed by atoms with Crippen molar-refractivity contribution in [3.63, 3.8) is 0 Å². The van der Waals surface area contributed by atoms with Gasteiger partial charge in [-0.3, -0.25) is 0 Å². The van der Waals surface area contributed by atoms with E-state index in [0.29, 0.717) is 5.57 Å². The maximum atomic E-state index is 10.5. The van der Waals surface area contributed by atoms with E-state index in [9.17, 15) is 9.59 Å². The molecule has 0 saturated carbocycles. The van der Waals surface area contributed by atoms with Crippen LogP contribution in [0.3, 0.4) is 0 Å². The molecular weight excluding hydrogens is 252 g/mol. The zero-order valence-corrected chi connectivity index (χ0v) is 10.6. The van der Waals surface area contributed by atoms with Crippen molar-refractivity contribution in [2.24, 2.45) is 0 Å². The van der Waals surface area contributed by atoms with Crippen molar-refractivity contribution < 1.29 is 28.6 Å². The number of esters is 2. The summed E-state index contributed by atoms with van der Waals surface area (Å²) < 4.78 is 13.8. The van der Waals surface area contributed by atoms with Crippen LogP contribution in [0.1, 0.15) is 6.92 Å². The zero-order chi connectivity index (χ0) is 14.7. The Bertz CT molecular complexity index is 418. The lowest BCUT2D eigenvalue weighted by atomic mass is 10.4. The quantitative estimate of drug-likeness (QED) is 0.643. The second-order valence-electron chi connectivity index (χ2n) is 3.20. The fourth-order valence-electron chi connectivity index (χ4n) is 0.724. The Morgan fingerprint density at radius 2 is 2.21 bits per heavy atom. The highest BCUT2D eigenvalue weighted by Crippen LogP contribution is 2.09. The van der Waals surface area contributed by atoms with Crippen LogP contribution in [-0.2, 0) is 14.3 Å². The molecule has 0 spiro atoms. The van der Waals surface area contributed by atoms with Crippen molar-refractivity contribution in [2.45, 2.75) is 6.92 Å². The van der Waals surface area contributed by atoms with Gasteiger partial charge in [0, 0.05) is 17.7 Å². The third-order valence-electron chi connectivity index (χ3n) is 1.54. The summed E-state index contributed by atoms with van der Waals surface area (Å²) in [5.41, 5.74) is 0.350. The van der Waals surface area contributed by atoms with Crippen LogP contribution in [0.2, 0.25) is 0 Å². The highest BCUT2D eigenvalue weighted by molar-refractivity contribution is 5.86. The summed E-state index contributed by atoms with van der Waals surface area (Å²) in [4.78, 5) is 20.9. The molecule has 0 aliphatic heterocycles. The second-order valence-corrected chi connectivity index (χ2v) is 3.20. The topological polar surface area (TPSA) is 86.0 Å². The van der Waals surface area contributed by atoms with Crippen molar-refractivity contribution in [1.82, 2.24) is 0 Å². The molecule has 6 nitrogen and oxygen atoms in total. The van der Waals surface area contributed by atoms with E-state index in [0.717, 1.165) is 6.08 Å². The summed E-state index contributed by atoms with van der Waals surface area (Å²) in [5, 5.41) is 8.19. The molecule has 19 heavy (non-hydrogen) atoms. The molecule has 0 saturated heterocycles. The van der Waals surface area contributed by atoms with Gasteiger partial charge in [0.2, 0.25) is 0 Å². The first-order valence-electron chi connectivity index (χ1n) is 5.32. The van der Waals surface area contributed by atoms with E-state index in [1.807, 2.05) is 0 Å². The Labute approximate surface area is 110 Å². The van der Waals surface area contributed by atoms with Crippen LogP contribution >= 0.6 is 0 Å². The Hall–Kier alpha value is -2.34. The fourth-order valence-corrected chi connectivity index (χ4v) is 0.724. The van der Waals surface area contributed by atoms with Crippen LogP contribution < -0.4 is 4.74 Å². The molecule has 6 heteroatoms. The lowest BCUT2D eigenvalue weighted by Crippen LogP contribution is -2.08. The molecule has 0 aliphatic rings. The van der Waals surface area contributed by atoms with Gasteiger partial charge in [0.05, 0.1) is 12.9 Å². The average Bonchev–Trinajstić information content (AvgIpc) is 2.89. The van der Waals surface area contributed by atoms with Crippen LogP contribution in [0, 0.1) is 0 Å². The molecule has 0 aromatic carbocycles. The first-order chi connectivity index (χ1) is 9.01. The van der Waals surface area contributed by atoms with Gasteiger partial charge in [-0.05, 0) is 13.0 Å². The summed E-state index contributed by atoms with van der Waals surface area (Å²) in [6, 6.07) is 3.17. The largest absolute Gasteiger partial charge is 0.460 e. The Morgan fingerprint density at radius 3 is 2.63 bits per heavy atom. The van der Waals surface area contributed by atoms with Gasteiger partial charge in [0.25, 0.3) is 5.95 Å². The smallest absolute Gasteiger partial charge is 0.337 e. The number of carbonyl (C=O) groups excluding carboxylic acids is 2. The highest BCUT2D eigenvalue weighted by atomic mass is 16.6. The summed E-state index contributed by atoms with van der Waals surface area (Å²) in [6.45, 7) is 8.04. The van der Waals surface area contributed by atoms with E-state index >= 15 is 0 Å². The molecule has 0 atom stereocenters. The number of hydrogen-bond donors (Lipinski definition) is 1. The maximum absolute atomic E-state index is 10.5. The predicted octanol–water partition coefficient (Wildman–Crippen LogP) is 1.47. The van der Waals surface area contributed by atoms with E-state index in [1.165, 1.54) is 6.26 Å². The first-order valence-corrected chi connectivity index (χ1v) is 5.32. The maximum Gasteiger partial charge on any atom is 0.337 e. The molecule has 1 aromatic heterocycles. The van der Waals surface area contributed by atoms with Gasteiger partial charge >= 0.3 is 11.9 Å². The zero-order valence-electron chi connectivity index (χ0n) is 10.6. The minimum atomic E-state index is -0.519. The lowest BCUT2D eigenvalue weighted by Gasteiger charge is -1.99. The van der Waals surface area contributed by atoms with Crippen molar-refractivity contribution in [3.8, 4) is 5.95 Å². The van der Waals surface area contributed by atoms with E-state index in [4.69, 9.17) is 9.52 Å².